The van der Waals surface area contributed by atoms with Gasteiger partial charge in [-0.25, -0.2) is 0 Å². The van der Waals surface area contributed by atoms with Gasteiger partial charge in [0.05, 0.1) is 11.9 Å². The zero-order valence-electron chi connectivity index (χ0n) is 32.4. The quantitative estimate of drug-likeness (QED) is 0.0365. The van der Waals surface area contributed by atoms with Crippen LogP contribution in [0.5, 0.6) is 0 Å². The Hall–Kier alpha value is -0.601. The molecule has 0 N–H and O–H groups in total. The van der Waals surface area contributed by atoms with Crippen molar-refractivity contribution in [3.63, 3.8) is 0 Å². The van der Waals surface area contributed by atoms with Crippen LogP contribution in [0.3, 0.4) is 0 Å². The fourth-order valence-corrected chi connectivity index (χ4v) is 6.13. The average molecular weight is 828 g/mol. The molecule has 7 heteroatoms. The summed E-state index contributed by atoms with van der Waals surface area (Å²) in [7, 11) is 0. The molecule has 0 aliphatic carbocycles. The summed E-state index contributed by atoms with van der Waals surface area (Å²) in [6, 6.07) is 0. The van der Waals surface area contributed by atoms with Crippen LogP contribution in [-0.2, 0) is 9.59 Å². The molecule has 0 saturated carbocycles. The number of carboxylic acids is 2. The number of unbranched alkanes of at least 4 members (excludes halogenated alkanes) is 18. The van der Waals surface area contributed by atoms with Gasteiger partial charge >= 0.3 is 31.0 Å². The van der Waals surface area contributed by atoms with Gasteiger partial charge in [-0.1, -0.05) is 140 Å². The third-order valence-corrected chi connectivity index (χ3v) is 9.45. The molecule has 0 aromatic rings. The molecule has 0 radical (unpaired) electrons. The van der Waals surface area contributed by atoms with E-state index in [2.05, 4.69) is 72.3 Å². The first-order chi connectivity index (χ1) is 24.0. The number of carboxylic acid groups (broad SMARTS) is 2. The molecular formula is C42H76O4S2Sn. The fraction of sp³-hybridized carbons (Fsp3) is 0.762. The van der Waals surface area contributed by atoms with E-state index in [-0.39, 0.29) is 32.6 Å². The number of hydrogen-bond donors (Lipinski definition) is 0. The van der Waals surface area contributed by atoms with E-state index >= 15 is 0 Å². The van der Waals surface area contributed by atoms with Gasteiger partial charge in [0.2, 0.25) is 0 Å². The van der Waals surface area contributed by atoms with Crippen molar-refractivity contribution >= 4 is 56.6 Å². The predicted octanol–water partition coefficient (Wildman–Crippen LogP) is 11.4. The van der Waals surface area contributed by atoms with E-state index in [1.807, 2.05) is 0 Å². The molecule has 0 fully saturated rings. The topological polar surface area (TPSA) is 80.3 Å². The summed E-state index contributed by atoms with van der Waals surface area (Å²) in [5.74, 6) is 0.274. The summed E-state index contributed by atoms with van der Waals surface area (Å²) in [5.41, 5.74) is 0. The molecule has 0 aliphatic heterocycles. The van der Waals surface area contributed by atoms with E-state index < -0.39 is 11.9 Å². The minimum atomic E-state index is -0.949. The zero-order chi connectivity index (χ0) is 36.7. The van der Waals surface area contributed by atoms with E-state index in [1.165, 1.54) is 152 Å². The zero-order valence-corrected chi connectivity index (χ0v) is 36.9. The maximum absolute atomic E-state index is 10.2. The van der Waals surface area contributed by atoms with Crippen molar-refractivity contribution in [2.24, 2.45) is 0 Å². The van der Waals surface area contributed by atoms with Crippen molar-refractivity contribution in [1.82, 2.24) is 0 Å². The summed E-state index contributed by atoms with van der Waals surface area (Å²) in [5, 5.41) is 20.5. The van der Waals surface area contributed by atoms with E-state index in [1.54, 1.807) is 0 Å². The molecule has 0 aromatic heterocycles. The van der Waals surface area contributed by atoms with Crippen molar-refractivity contribution in [3.05, 3.63) is 48.6 Å². The van der Waals surface area contributed by atoms with E-state index in [0.29, 0.717) is 0 Å². The van der Waals surface area contributed by atoms with Crippen molar-refractivity contribution in [2.45, 2.75) is 178 Å². The van der Waals surface area contributed by atoms with Gasteiger partial charge in [-0.15, -0.1) is 0 Å². The van der Waals surface area contributed by atoms with E-state index in [4.69, 9.17) is 0 Å². The Morgan fingerprint density at radius 1 is 0.449 bits per heavy atom. The van der Waals surface area contributed by atoms with Crippen LogP contribution in [0.15, 0.2) is 48.6 Å². The first kappa shape index (κ1) is 52.8. The van der Waals surface area contributed by atoms with Gasteiger partial charge in [0, 0.05) is 11.5 Å². The van der Waals surface area contributed by atoms with Crippen LogP contribution in [0.25, 0.3) is 0 Å². The van der Waals surface area contributed by atoms with E-state index in [9.17, 15) is 19.8 Å². The molecule has 0 aliphatic rings. The van der Waals surface area contributed by atoms with Crippen molar-refractivity contribution in [2.75, 3.05) is 23.0 Å². The van der Waals surface area contributed by atoms with Gasteiger partial charge in [0.25, 0.3) is 0 Å². The maximum atomic E-state index is 10.2. The van der Waals surface area contributed by atoms with Crippen LogP contribution in [0.2, 0.25) is 9.88 Å². The second kappa shape index (κ2) is 51.8. The van der Waals surface area contributed by atoms with Crippen LogP contribution >= 0.6 is 23.5 Å². The van der Waals surface area contributed by atoms with Crippen molar-refractivity contribution in [1.29, 1.82) is 0 Å². The Balaban J connectivity index is -0.000000798. The van der Waals surface area contributed by atoms with Crippen molar-refractivity contribution in [3.8, 4) is 0 Å². The Kier molecular flexibility index (Phi) is 55.7. The molecular weight excluding hydrogens is 751 g/mol. The SMILES string of the molecule is CCCCC/C=C\C/C=C\CCCCCCCCSCC(=O)[O-].CCCCC/C=C\C/C=C\CCCCCCCCSCC(=O)[O-].[CH3][Sn+2][CH3]. The first-order valence-corrected chi connectivity index (χ1v) is 27.7. The number of carbonyl (C=O) groups excluding carboxylic acids is 2. The fourth-order valence-electron chi connectivity index (χ4n) is 4.70. The molecule has 0 rings (SSSR count). The number of thioether (sulfide) groups is 2. The monoisotopic (exact) mass is 828 g/mol. The number of aliphatic carboxylic acids is 2. The summed E-state index contributed by atoms with van der Waals surface area (Å²) < 4.78 is 0. The number of allylic oxidation sites excluding steroid dienone is 8. The third kappa shape index (κ3) is 62.9. The number of rotatable bonds is 34. The number of hydrogen-bond acceptors (Lipinski definition) is 6. The van der Waals surface area contributed by atoms with Crippen LogP contribution < -0.4 is 10.2 Å². The van der Waals surface area contributed by atoms with Gasteiger partial charge in [-0.2, -0.15) is 23.5 Å². The van der Waals surface area contributed by atoms with Gasteiger partial charge in [-0.3, -0.25) is 0 Å². The van der Waals surface area contributed by atoms with Crippen molar-refractivity contribution < 1.29 is 19.8 Å². The molecule has 0 unspecified atom stereocenters. The summed E-state index contributed by atoms with van der Waals surface area (Å²) >= 11 is 3.17. The molecule has 0 aromatic carbocycles. The molecule has 0 saturated heterocycles. The summed E-state index contributed by atoms with van der Waals surface area (Å²) in [6.07, 6.45) is 48.4. The van der Waals surface area contributed by atoms with Crippen LogP contribution in [0.1, 0.15) is 168 Å². The standard InChI is InChI=1S/2C20H36O2S.2CH3.Sn/c2*1-2-3-4-5-6-7-8-9-10-11-12-13-14-15-16-17-18-23-19-20(21)22;;;/h2*6-7,9-10H,2-5,8,11-19H2,1H3,(H,21,22);2*1H3;/q;;;;+2/p-2/b2*7-6-,10-9-;;;. The second-order valence-electron chi connectivity index (χ2n) is 12.5. The molecule has 284 valence electrons. The predicted molar refractivity (Wildman–Crippen MR) is 221 cm³/mol. The average Bonchev–Trinajstić information content (AvgIpc) is 3.07. The minimum absolute atomic E-state index is 0.139. The normalized spacial score (nSPS) is 11.2. The first-order valence-electron chi connectivity index (χ1n) is 19.7. The number of carbonyl (C=O) groups is 2. The van der Waals surface area contributed by atoms with Crippen LogP contribution in [0, 0.1) is 0 Å². The van der Waals surface area contributed by atoms with Crippen LogP contribution in [0.4, 0.5) is 0 Å². The Labute approximate surface area is 323 Å². The van der Waals surface area contributed by atoms with E-state index in [0.717, 1.165) is 37.2 Å². The van der Waals surface area contributed by atoms with Crippen LogP contribution in [-0.4, -0.2) is 56.1 Å². The van der Waals surface area contributed by atoms with Gasteiger partial charge in [-0.05, 0) is 88.6 Å². The molecule has 49 heavy (non-hydrogen) atoms. The Morgan fingerprint density at radius 3 is 1.00 bits per heavy atom. The molecule has 0 heterocycles. The van der Waals surface area contributed by atoms with Gasteiger partial charge in [0.1, 0.15) is 0 Å². The molecule has 4 nitrogen and oxygen atoms in total. The van der Waals surface area contributed by atoms with Gasteiger partial charge in [0.15, 0.2) is 0 Å². The molecule has 0 bridgehead atoms. The third-order valence-electron chi connectivity index (χ3n) is 7.42. The Morgan fingerprint density at radius 2 is 0.714 bits per heavy atom. The second-order valence-corrected chi connectivity index (χ2v) is 17.6. The molecule has 0 spiro atoms. The molecule has 0 atom stereocenters. The molecule has 0 amide bonds. The summed E-state index contributed by atoms with van der Waals surface area (Å²) in [6.45, 7) is 4.48. The Bertz CT molecular complexity index is 706. The summed E-state index contributed by atoms with van der Waals surface area (Å²) in [4.78, 5) is 25.1. The van der Waals surface area contributed by atoms with Gasteiger partial charge < -0.3 is 19.8 Å².